The molecule has 1 aromatic carbocycles. The first-order valence-corrected chi connectivity index (χ1v) is 5.22. The van der Waals surface area contributed by atoms with Crippen LogP contribution in [0.3, 0.4) is 0 Å². The van der Waals surface area contributed by atoms with Crippen LogP contribution in [0.1, 0.15) is 31.1 Å². The second kappa shape index (κ2) is 3.88. The lowest BCUT2D eigenvalue weighted by Crippen LogP contribution is -2.23. The van der Waals surface area contributed by atoms with E-state index in [-0.39, 0.29) is 0 Å². The van der Waals surface area contributed by atoms with Crippen LogP contribution in [0.5, 0.6) is 0 Å². The summed E-state index contributed by atoms with van der Waals surface area (Å²) in [5.74, 6) is -1.89. The number of carbonyl (C=O) groups excluding carboxylic acids is 1. The number of carbonyl (C=O) groups is 1. The van der Waals surface area contributed by atoms with E-state index < -0.39 is 17.9 Å². The van der Waals surface area contributed by atoms with Crippen LogP contribution in [-0.2, 0) is 20.1 Å². The Morgan fingerprint density at radius 1 is 1.56 bits per heavy atom. The Bertz CT molecular complexity index is 411. The molecule has 1 heterocycles. The van der Waals surface area contributed by atoms with Crippen molar-refractivity contribution < 1.29 is 19.4 Å². The molecular formula is C12H14O4. The third kappa shape index (κ3) is 1.70. The summed E-state index contributed by atoms with van der Waals surface area (Å²) in [5, 5.41) is 10.0. The topological polar surface area (TPSA) is 55.8 Å². The van der Waals surface area contributed by atoms with Gasteiger partial charge in [-0.2, -0.15) is 0 Å². The van der Waals surface area contributed by atoms with E-state index in [2.05, 4.69) is 0 Å². The summed E-state index contributed by atoms with van der Waals surface area (Å²) in [5.41, 5.74) is 1.29. The summed E-state index contributed by atoms with van der Waals surface area (Å²) in [6.45, 7) is 3.55. The van der Waals surface area contributed by atoms with Crippen LogP contribution in [0.4, 0.5) is 0 Å². The maximum absolute atomic E-state index is 11.6. The second-order valence-electron chi connectivity index (χ2n) is 3.82. The van der Waals surface area contributed by atoms with Gasteiger partial charge in [-0.1, -0.05) is 24.3 Å². The van der Waals surface area contributed by atoms with Crippen molar-refractivity contribution in [2.24, 2.45) is 0 Å². The van der Waals surface area contributed by atoms with E-state index in [1.807, 2.05) is 0 Å². The molecule has 0 spiro atoms. The first kappa shape index (κ1) is 11.1. The normalized spacial score (nSPS) is 27.6. The molecule has 0 bridgehead atoms. The van der Waals surface area contributed by atoms with E-state index in [0.29, 0.717) is 17.7 Å². The highest BCUT2D eigenvalue weighted by Gasteiger charge is 2.43. The maximum Gasteiger partial charge on any atom is 0.340 e. The van der Waals surface area contributed by atoms with Crippen LogP contribution in [0, 0.1) is 0 Å². The van der Waals surface area contributed by atoms with Crippen LogP contribution < -0.4 is 0 Å². The van der Waals surface area contributed by atoms with Gasteiger partial charge in [0.05, 0.1) is 6.61 Å². The Balaban J connectivity index is 2.37. The highest BCUT2D eigenvalue weighted by molar-refractivity contribution is 5.78. The standard InChI is InChI=1S/C12H14O4/c1-3-15-11(13)10-8-6-4-5-7-9(8)12(2,14)16-10/h4-7,10,14H,3H2,1-2H3/t10-,12+/m0/s1. The molecule has 1 aliphatic heterocycles. The van der Waals surface area contributed by atoms with E-state index in [1.54, 1.807) is 31.2 Å². The summed E-state index contributed by atoms with van der Waals surface area (Å²) in [7, 11) is 0. The first-order valence-electron chi connectivity index (χ1n) is 5.22. The third-order valence-electron chi connectivity index (χ3n) is 2.59. The number of aliphatic hydroxyl groups is 1. The summed E-state index contributed by atoms with van der Waals surface area (Å²) < 4.78 is 10.2. The van der Waals surface area contributed by atoms with Crippen LogP contribution in [0.2, 0.25) is 0 Å². The summed E-state index contributed by atoms with van der Waals surface area (Å²) in [6.07, 6.45) is -0.828. The van der Waals surface area contributed by atoms with Gasteiger partial charge in [-0.05, 0) is 13.8 Å². The molecule has 0 aliphatic carbocycles. The number of rotatable bonds is 2. The monoisotopic (exact) mass is 222 g/mol. The van der Waals surface area contributed by atoms with Crippen LogP contribution in [-0.4, -0.2) is 17.7 Å². The van der Waals surface area contributed by atoms with Crippen molar-refractivity contribution in [2.75, 3.05) is 6.61 Å². The van der Waals surface area contributed by atoms with Crippen LogP contribution >= 0.6 is 0 Å². The molecule has 1 aliphatic rings. The summed E-state index contributed by atoms with van der Waals surface area (Å²) in [6, 6.07) is 7.10. The van der Waals surface area contributed by atoms with E-state index in [1.165, 1.54) is 6.92 Å². The minimum Gasteiger partial charge on any atom is -0.464 e. The van der Waals surface area contributed by atoms with Gasteiger partial charge in [-0.15, -0.1) is 0 Å². The average molecular weight is 222 g/mol. The zero-order valence-corrected chi connectivity index (χ0v) is 9.27. The van der Waals surface area contributed by atoms with Gasteiger partial charge in [-0.25, -0.2) is 4.79 Å². The molecule has 0 saturated heterocycles. The van der Waals surface area contributed by atoms with Crippen LogP contribution in [0.25, 0.3) is 0 Å². The molecule has 0 amide bonds. The lowest BCUT2D eigenvalue weighted by atomic mass is 10.0. The molecule has 4 nitrogen and oxygen atoms in total. The van der Waals surface area contributed by atoms with Gasteiger partial charge in [0.15, 0.2) is 11.9 Å². The summed E-state index contributed by atoms with van der Waals surface area (Å²) in [4.78, 5) is 11.6. The zero-order chi connectivity index (χ0) is 11.8. The molecule has 2 atom stereocenters. The van der Waals surface area contributed by atoms with Crippen molar-refractivity contribution in [3.63, 3.8) is 0 Å². The molecule has 2 rings (SSSR count). The number of esters is 1. The molecule has 1 N–H and O–H groups in total. The van der Waals surface area contributed by atoms with Gasteiger partial charge in [0.1, 0.15) is 0 Å². The minimum atomic E-state index is -1.42. The van der Waals surface area contributed by atoms with Gasteiger partial charge in [0.25, 0.3) is 0 Å². The lowest BCUT2D eigenvalue weighted by molar-refractivity contribution is -0.219. The zero-order valence-electron chi connectivity index (χ0n) is 9.27. The SMILES string of the molecule is CCOC(=O)[C@H]1O[C@@](C)(O)c2ccccc21. The van der Waals surface area contributed by atoms with Gasteiger partial charge in [0, 0.05) is 11.1 Å². The highest BCUT2D eigenvalue weighted by atomic mass is 16.7. The third-order valence-corrected chi connectivity index (χ3v) is 2.59. The smallest absolute Gasteiger partial charge is 0.340 e. The van der Waals surface area contributed by atoms with Crippen molar-refractivity contribution in [3.8, 4) is 0 Å². The Hall–Kier alpha value is -1.39. The molecule has 86 valence electrons. The molecule has 0 aromatic heterocycles. The number of ether oxygens (including phenoxy) is 2. The number of hydrogen-bond donors (Lipinski definition) is 1. The van der Waals surface area contributed by atoms with E-state index in [0.717, 1.165) is 0 Å². The van der Waals surface area contributed by atoms with Gasteiger partial charge in [0.2, 0.25) is 0 Å². The van der Waals surface area contributed by atoms with Gasteiger partial charge >= 0.3 is 5.97 Å². The molecule has 16 heavy (non-hydrogen) atoms. The quantitative estimate of drug-likeness (QED) is 0.770. The fourth-order valence-corrected chi connectivity index (χ4v) is 1.90. The Kier molecular flexibility index (Phi) is 2.69. The summed E-state index contributed by atoms with van der Waals surface area (Å²) >= 11 is 0. The van der Waals surface area contributed by atoms with Crippen molar-refractivity contribution in [2.45, 2.75) is 25.7 Å². The molecule has 0 saturated carbocycles. The Labute approximate surface area is 93.8 Å². The maximum atomic E-state index is 11.6. The minimum absolute atomic E-state index is 0.295. The van der Waals surface area contributed by atoms with E-state index >= 15 is 0 Å². The fraction of sp³-hybridized carbons (Fsp3) is 0.417. The Morgan fingerprint density at radius 3 is 2.94 bits per heavy atom. The molecule has 0 radical (unpaired) electrons. The predicted molar refractivity (Wildman–Crippen MR) is 56.5 cm³/mol. The molecule has 0 unspecified atom stereocenters. The highest BCUT2D eigenvalue weighted by Crippen LogP contribution is 2.41. The van der Waals surface area contributed by atoms with Gasteiger partial charge in [-0.3, -0.25) is 0 Å². The fourth-order valence-electron chi connectivity index (χ4n) is 1.90. The average Bonchev–Trinajstić information content (AvgIpc) is 2.52. The van der Waals surface area contributed by atoms with Crippen molar-refractivity contribution in [3.05, 3.63) is 35.4 Å². The Morgan fingerprint density at radius 2 is 2.25 bits per heavy atom. The van der Waals surface area contributed by atoms with Crippen molar-refractivity contribution in [1.82, 2.24) is 0 Å². The number of benzene rings is 1. The number of hydrogen-bond acceptors (Lipinski definition) is 4. The molecular weight excluding hydrogens is 208 g/mol. The predicted octanol–water partition coefficient (Wildman–Crippen LogP) is 1.49. The van der Waals surface area contributed by atoms with E-state index in [9.17, 15) is 9.90 Å². The lowest BCUT2D eigenvalue weighted by Gasteiger charge is -2.18. The van der Waals surface area contributed by atoms with E-state index in [4.69, 9.17) is 9.47 Å². The molecule has 4 heteroatoms. The molecule has 0 fully saturated rings. The molecule has 1 aromatic rings. The van der Waals surface area contributed by atoms with Crippen LogP contribution in [0.15, 0.2) is 24.3 Å². The van der Waals surface area contributed by atoms with Crippen molar-refractivity contribution >= 4 is 5.97 Å². The largest absolute Gasteiger partial charge is 0.464 e. The number of fused-ring (bicyclic) bond motifs is 1. The first-order chi connectivity index (χ1) is 7.56. The van der Waals surface area contributed by atoms with Crippen molar-refractivity contribution in [1.29, 1.82) is 0 Å². The second-order valence-corrected chi connectivity index (χ2v) is 3.82. The van der Waals surface area contributed by atoms with Gasteiger partial charge < -0.3 is 14.6 Å².